The van der Waals surface area contributed by atoms with Crippen molar-refractivity contribution in [1.29, 1.82) is 0 Å². The van der Waals surface area contributed by atoms with Crippen molar-refractivity contribution in [2.45, 2.75) is 12.8 Å². The van der Waals surface area contributed by atoms with E-state index in [0.29, 0.717) is 23.1 Å². The van der Waals surface area contributed by atoms with Crippen LogP contribution in [-0.4, -0.2) is 25.7 Å². The Kier molecular flexibility index (Phi) is 4.27. The minimum Gasteiger partial charge on any atom is -0.495 e. The lowest BCUT2D eigenvalue weighted by Gasteiger charge is -2.06. The van der Waals surface area contributed by atoms with Gasteiger partial charge < -0.3 is 15.2 Å². The van der Waals surface area contributed by atoms with Gasteiger partial charge in [0.15, 0.2) is 0 Å². The summed E-state index contributed by atoms with van der Waals surface area (Å²) in [6, 6.07) is 1.76. The van der Waals surface area contributed by atoms with Gasteiger partial charge in [-0.2, -0.15) is 0 Å². The minimum absolute atomic E-state index is 0.588. The summed E-state index contributed by atoms with van der Waals surface area (Å²) in [6.07, 6.45) is 1.77. The molecule has 1 heterocycles. The van der Waals surface area contributed by atoms with Crippen LogP contribution in [0.25, 0.3) is 10.2 Å². The molecular formula is C12H15ClN2O2S. The van der Waals surface area contributed by atoms with Crippen molar-refractivity contribution in [3.05, 3.63) is 16.1 Å². The van der Waals surface area contributed by atoms with Gasteiger partial charge in [0.05, 0.1) is 23.9 Å². The van der Waals surface area contributed by atoms with Crippen LogP contribution < -0.4 is 15.2 Å². The maximum absolute atomic E-state index is 6.28. The SMILES string of the molecule is COc1cc(OC)c2nc(CCCN)sc2c1Cl. The molecule has 2 rings (SSSR count). The molecule has 0 unspecified atom stereocenters. The summed E-state index contributed by atoms with van der Waals surface area (Å²) in [5.41, 5.74) is 6.30. The Balaban J connectivity index is 2.54. The zero-order valence-electron chi connectivity index (χ0n) is 10.3. The number of nitrogens with two attached hydrogens (primary N) is 1. The lowest BCUT2D eigenvalue weighted by Crippen LogP contribution is -1.99. The monoisotopic (exact) mass is 286 g/mol. The first-order valence-corrected chi connectivity index (χ1v) is 6.80. The van der Waals surface area contributed by atoms with Crippen LogP contribution in [-0.2, 0) is 6.42 Å². The van der Waals surface area contributed by atoms with E-state index in [4.69, 9.17) is 26.8 Å². The van der Waals surface area contributed by atoms with Crippen molar-refractivity contribution < 1.29 is 9.47 Å². The van der Waals surface area contributed by atoms with Crippen molar-refractivity contribution in [1.82, 2.24) is 4.98 Å². The number of hydrogen-bond acceptors (Lipinski definition) is 5. The van der Waals surface area contributed by atoms with E-state index < -0.39 is 0 Å². The number of ether oxygens (including phenoxy) is 2. The molecule has 0 saturated carbocycles. The minimum atomic E-state index is 0.588. The summed E-state index contributed by atoms with van der Waals surface area (Å²) in [7, 11) is 3.20. The van der Waals surface area contributed by atoms with E-state index in [1.807, 2.05) is 0 Å². The van der Waals surface area contributed by atoms with Crippen LogP contribution in [0.15, 0.2) is 6.07 Å². The fourth-order valence-electron chi connectivity index (χ4n) is 1.71. The highest BCUT2D eigenvalue weighted by Crippen LogP contribution is 2.41. The van der Waals surface area contributed by atoms with E-state index in [0.717, 1.165) is 28.1 Å². The summed E-state index contributed by atoms with van der Waals surface area (Å²) in [5.74, 6) is 1.29. The molecule has 98 valence electrons. The molecule has 0 spiro atoms. The number of halogens is 1. The van der Waals surface area contributed by atoms with Gasteiger partial charge in [-0.25, -0.2) is 4.98 Å². The molecule has 4 nitrogen and oxygen atoms in total. The van der Waals surface area contributed by atoms with Gasteiger partial charge >= 0.3 is 0 Å². The maximum atomic E-state index is 6.28. The highest BCUT2D eigenvalue weighted by atomic mass is 35.5. The molecule has 6 heteroatoms. The average Bonchev–Trinajstić information content (AvgIpc) is 2.81. The standard InChI is InChI=1S/C12H15ClN2O2S/c1-16-7-6-8(17-2)11-12(10(7)13)18-9(15-11)4-3-5-14/h6H,3-5,14H2,1-2H3. The number of aryl methyl sites for hydroxylation is 1. The van der Waals surface area contributed by atoms with E-state index in [9.17, 15) is 0 Å². The molecular weight excluding hydrogens is 272 g/mol. The smallest absolute Gasteiger partial charge is 0.149 e. The highest BCUT2D eigenvalue weighted by molar-refractivity contribution is 7.19. The van der Waals surface area contributed by atoms with Crippen LogP contribution in [0.1, 0.15) is 11.4 Å². The molecule has 1 aromatic carbocycles. The first-order valence-electron chi connectivity index (χ1n) is 5.61. The number of hydrogen-bond donors (Lipinski definition) is 1. The van der Waals surface area contributed by atoms with Crippen molar-refractivity contribution in [2.24, 2.45) is 5.73 Å². The molecule has 2 N–H and O–H groups in total. The topological polar surface area (TPSA) is 57.4 Å². The van der Waals surface area contributed by atoms with Crippen LogP contribution in [0, 0.1) is 0 Å². The van der Waals surface area contributed by atoms with Crippen LogP contribution in [0.5, 0.6) is 11.5 Å². The molecule has 1 aromatic heterocycles. The number of thiazole rings is 1. The zero-order chi connectivity index (χ0) is 13.1. The lowest BCUT2D eigenvalue weighted by atomic mass is 10.3. The van der Waals surface area contributed by atoms with Crippen LogP contribution in [0.2, 0.25) is 5.02 Å². The maximum Gasteiger partial charge on any atom is 0.149 e. The van der Waals surface area contributed by atoms with Crippen LogP contribution in [0.4, 0.5) is 0 Å². The first kappa shape index (κ1) is 13.4. The second-order valence-electron chi connectivity index (χ2n) is 3.77. The third-order valence-electron chi connectivity index (χ3n) is 2.62. The normalized spacial score (nSPS) is 10.9. The third kappa shape index (κ3) is 2.39. The van der Waals surface area contributed by atoms with Gasteiger partial charge in [0.2, 0.25) is 0 Å². The van der Waals surface area contributed by atoms with Gasteiger partial charge in [-0.3, -0.25) is 0 Å². The number of methoxy groups -OCH3 is 2. The van der Waals surface area contributed by atoms with E-state index in [-0.39, 0.29) is 0 Å². The zero-order valence-corrected chi connectivity index (χ0v) is 11.9. The van der Waals surface area contributed by atoms with E-state index in [1.165, 1.54) is 0 Å². The Morgan fingerprint density at radius 3 is 2.67 bits per heavy atom. The van der Waals surface area contributed by atoms with Gasteiger partial charge in [0.25, 0.3) is 0 Å². The van der Waals surface area contributed by atoms with Crippen molar-refractivity contribution >= 4 is 33.2 Å². The molecule has 0 aliphatic heterocycles. The largest absolute Gasteiger partial charge is 0.495 e. The molecule has 0 bridgehead atoms. The van der Waals surface area contributed by atoms with Gasteiger partial charge in [-0.05, 0) is 13.0 Å². The number of fused-ring (bicyclic) bond motifs is 1. The molecule has 0 aliphatic rings. The van der Waals surface area contributed by atoms with E-state index in [1.54, 1.807) is 31.6 Å². The summed E-state index contributed by atoms with van der Waals surface area (Å²) in [6.45, 7) is 0.657. The van der Waals surface area contributed by atoms with Crippen molar-refractivity contribution in [3.8, 4) is 11.5 Å². The summed E-state index contributed by atoms with van der Waals surface area (Å²) >= 11 is 7.85. The predicted molar refractivity (Wildman–Crippen MR) is 75.1 cm³/mol. The Hall–Kier alpha value is -1.04. The van der Waals surface area contributed by atoms with Crippen molar-refractivity contribution in [2.75, 3.05) is 20.8 Å². The third-order valence-corrected chi connectivity index (χ3v) is 4.24. The molecule has 0 amide bonds. The van der Waals surface area contributed by atoms with Crippen molar-refractivity contribution in [3.63, 3.8) is 0 Å². The highest BCUT2D eigenvalue weighted by Gasteiger charge is 2.16. The Bertz CT molecular complexity index is 556. The predicted octanol–water partition coefficient (Wildman–Crippen LogP) is 2.86. The molecule has 0 saturated heterocycles. The summed E-state index contributed by atoms with van der Waals surface area (Å²) < 4.78 is 11.5. The molecule has 0 atom stereocenters. The Morgan fingerprint density at radius 1 is 1.33 bits per heavy atom. The van der Waals surface area contributed by atoms with E-state index in [2.05, 4.69) is 4.98 Å². The fraction of sp³-hybridized carbons (Fsp3) is 0.417. The second-order valence-corrected chi connectivity index (χ2v) is 5.23. The summed E-state index contributed by atoms with van der Waals surface area (Å²) in [5, 5.41) is 1.61. The molecule has 0 aliphatic carbocycles. The Morgan fingerprint density at radius 2 is 2.06 bits per heavy atom. The van der Waals surface area contributed by atoms with Gasteiger partial charge in [-0.15, -0.1) is 11.3 Å². The quantitative estimate of drug-likeness (QED) is 0.918. The number of benzene rings is 1. The fourth-order valence-corrected chi connectivity index (χ4v) is 3.10. The van der Waals surface area contributed by atoms with Crippen LogP contribution >= 0.6 is 22.9 Å². The molecule has 18 heavy (non-hydrogen) atoms. The number of rotatable bonds is 5. The van der Waals surface area contributed by atoms with Gasteiger partial charge in [0, 0.05) is 12.5 Å². The number of nitrogens with zero attached hydrogens (tertiary/aromatic N) is 1. The number of aromatic nitrogens is 1. The second kappa shape index (κ2) is 5.73. The van der Waals surface area contributed by atoms with E-state index >= 15 is 0 Å². The molecule has 2 aromatic rings. The first-order chi connectivity index (χ1) is 8.71. The lowest BCUT2D eigenvalue weighted by molar-refractivity contribution is 0.397. The molecule has 0 fully saturated rings. The van der Waals surface area contributed by atoms with Gasteiger partial charge in [-0.1, -0.05) is 11.6 Å². The average molecular weight is 287 g/mol. The van der Waals surface area contributed by atoms with Crippen LogP contribution in [0.3, 0.4) is 0 Å². The molecule has 0 radical (unpaired) electrons. The summed E-state index contributed by atoms with van der Waals surface area (Å²) in [4.78, 5) is 4.56. The van der Waals surface area contributed by atoms with Gasteiger partial charge in [0.1, 0.15) is 22.0 Å². The Labute approximate surface area is 115 Å².